The molecule has 0 atom stereocenters. The Morgan fingerprint density at radius 2 is 1.24 bits per heavy atom. The van der Waals surface area contributed by atoms with Crippen molar-refractivity contribution in [1.29, 1.82) is 0 Å². The molecular weight excluding hydrogens is 708 g/mol. The number of aromatic nitrogens is 2. The molecule has 0 amide bonds. The zero-order valence-electron chi connectivity index (χ0n) is 27.8. The molecule has 0 aliphatic rings. The first-order chi connectivity index (χ1) is 20.1. The Morgan fingerprint density at radius 1 is 0.867 bits per heavy atom. The summed E-state index contributed by atoms with van der Waals surface area (Å²) in [6.07, 6.45) is 3.97. The number of nitrogens with two attached hydrogens (primary N) is 3. The third kappa shape index (κ3) is 25.1. The second-order valence-electron chi connectivity index (χ2n) is 9.76. The molecule has 0 fully saturated rings. The Kier molecular flexibility index (Phi) is 30.5. The van der Waals surface area contributed by atoms with E-state index in [0.29, 0.717) is 20.0 Å². The summed E-state index contributed by atoms with van der Waals surface area (Å²) in [6.45, 7) is 13.1. The van der Waals surface area contributed by atoms with Crippen LogP contribution in [-0.2, 0) is 35.3 Å². The van der Waals surface area contributed by atoms with Crippen LogP contribution in [-0.4, -0.2) is 33.1 Å². The monoisotopic (exact) mass is 745 g/mol. The molecule has 4 aromatic rings. The quantitative estimate of drug-likeness (QED) is 0.0575. The predicted molar refractivity (Wildman–Crippen MR) is 172 cm³/mol. The molecule has 238 valence electrons. The van der Waals surface area contributed by atoms with E-state index in [2.05, 4.69) is 90.5 Å². The van der Waals surface area contributed by atoms with E-state index in [1.807, 2.05) is 18.2 Å². The number of anilines is 3. The first-order valence-corrected chi connectivity index (χ1v) is 15.0. The van der Waals surface area contributed by atoms with E-state index in [4.69, 9.17) is 46.4 Å². The number of fused-ring (bicyclic) bond motifs is 2. The van der Waals surface area contributed by atoms with Gasteiger partial charge in [-0.15, -0.1) is 0 Å². The van der Waals surface area contributed by atoms with E-state index >= 15 is 0 Å². The first-order valence-electron chi connectivity index (χ1n) is 12.5. The summed E-state index contributed by atoms with van der Waals surface area (Å²) in [7, 11) is 0. The second-order valence-corrected chi connectivity index (χ2v) is 14.0. The number of hydrogen-bond donors (Lipinski definition) is 3. The molecule has 2 aromatic heterocycles. The van der Waals surface area contributed by atoms with Gasteiger partial charge in [0.15, 0.2) is 10.3 Å². The molecule has 0 saturated heterocycles. The summed E-state index contributed by atoms with van der Waals surface area (Å²) in [6, 6.07) is 12.1. The Morgan fingerprint density at radius 3 is 1.60 bits per heavy atom. The van der Waals surface area contributed by atoms with Crippen molar-refractivity contribution in [2.45, 2.75) is 65.1 Å². The minimum atomic E-state index is -0.181. The van der Waals surface area contributed by atoms with E-state index in [1.165, 1.54) is 34.4 Å². The van der Waals surface area contributed by atoms with Gasteiger partial charge in [0.25, 0.3) is 6.47 Å². The van der Waals surface area contributed by atoms with Crippen molar-refractivity contribution in [3.8, 4) is 0 Å². The summed E-state index contributed by atoms with van der Waals surface area (Å²) in [5.74, 6) is 0. The van der Waals surface area contributed by atoms with Crippen molar-refractivity contribution in [3.05, 3.63) is 42.0 Å². The Hall–Kier alpha value is -1.71. The van der Waals surface area contributed by atoms with Gasteiger partial charge in [-0.05, 0) is 54.2 Å². The summed E-state index contributed by atoms with van der Waals surface area (Å²) < 4.78 is 2.61. The molecule has 17 heteroatoms. The van der Waals surface area contributed by atoms with Crippen LogP contribution in [0.4, 0.5) is 16.0 Å². The van der Waals surface area contributed by atoms with Gasteiger partial charge in [-0.1, -0.05) is 92.6 Å². The summed E-state index contributed by atoms with van der Waals surface area (Å²) in [5.41, 5.74) is 21.1. The van der Waals surface area contributed by atoms with Crippen LogP contribution >= 0.6 is 38.6 Å². The van der Waals surface area contributed by atoms with Gasteiger partial charge in [0, 0.05) is 10.0 Å². The molecule has 0 unspecified atom stereocenters. The zero-order chi connectivity index (χ0) is 33.6. The number of hydrogen-bond acceptors (Lipinski definition) is 14. The van der Waals surface area contributed by atoms with Crippen molar-refractivity contribution in [2.75, 3.05) is 17.2 Å². The average molecular weight is 747 g/mol. The van der Waals surface area contributed by atoms with Crippen LogP contribution in [0.25, 0.3) is 20.4 Å². The first kappa shape index (κ1) is 50.2. The maximum Gasteiger partial charge on any atom is 1.00 e. The van der Waals surface area contributed by atoms with Crippen molar-refractivity contribution >= 4 is 93.8 Å². The fourth-order valence-electron chi connectivity index (χ4n) is 2.74. The summed E-state index contributed by atoms with van der Waals surface area (Å²) >= 11 is 6.50. The normalized spacial score (nSPS) is 9.33. The fourth-order valence-corrected chi connectivity index (χ4v) is 4.17. The van der Waals surface area contributed by atoms with Crippen LogP contribution in [0.2, 0.25) is 0 Å². The minimum Gasteiger partial charge on any atom is -1.00 e. The van der Waals surface area contributed by atoms with E-state index < -0.39 is 0 Å². The maximum atomic E-state index is 8.64. The smallest absolute Gasteiger partial charge is 1.00 e. The van der Waals surface area contributed by atoms with Gasteiger partial charge in [0.05, 0.1) is 20.4 Å². The van der Waals surface area contributed by atoms with Crippen molar-refractivity contribution < 1.29 is 94.7 Å². The number of carbonyl (C=O) groups is 1. The Labute approximate surface area is 325 Å². The number of alkyl halides is 1. The number of nitrogen functional groups attached to an aromatic ring is 3. The Balaban J connectivity index is -0.000000164. The minimum absolute atomic E-state index is 0. The number of thiazole rings is 2. The number of nitrogens with zero attached hydrogens (tertiary/aromatic N) is 2. The van der Waals surface area contributed by atoms with Crippen molar-refractivity contribution in [2.24, 2.45) is 5.41 Å². The molecule has 12 nitrogen and oxygen atoms in total. The van der Waals surface area contributed by atoms with Crippen molar-refractivity contribution in [1.82, 2.24) is 9.97 Å². The van der Waals surface area contributed by atoms with Crippen LogP contribution in [0.5, 0.6) is 0 Å². The van der Waals surface area contributed by atoms with Gasteiger partial charge >= 0.3 is 71.4 Å². The molecule has 45 heavy (non-hydrogen) atoms. The van der Waals surface area contributed by atoms with Crippen LogP contribution in [0.3, 0.4) is 0 Å². The molecule has 0 radical (unpaired) electrons. The molecule has 0 aliphatic carbocycles. The standard InChI is InChI=1S/C13H18N2S.C7H7N3S.C5H11Br.CH2O3.2CO2.2Na.H/c1-4-13(2,3)8-9-5-6-11-10(7-9)15-12(14)16-11;8-4-1-2-6-5(3-4)10-7(9)11-6;1-4-5(2,3)6;2-1-4-3;2*2-1-3;;;/h5-7H,4,8H2,1-3H3,(H2,14,15);1-3H,8H2,(H2,9,10);4H2,1-3H3;1,3H;;;;;/q;;;;;;2*+1;-1/p-1. The van der Waals surface area contributed by atoms with Crippen LogP contribution in [0.15, 0.2) is 36.4 Å². The molecular formula is C28H38BrN5Na2O7S2. The van der Waals surface area contributed by atoms with Gasteiger partial charge in [-0.25, -0.2) is 9.97 Å². The molecule has 0 spiro atoms. The molecule has 0 bridgehead atoms. The maximum absolute atomic E-state index is 8.64. The number of rotatable bonds is 5. The van der Waals surface area contributed by atoms with Crippen LogP contribution in [0, 0.1) is 5.41 Å². The summed E-state index contributed by atoms with van der Waals surface area (Å²) in [4.78, 5) is 52.2. The number of halogens is 1. The third-order valence-corrected chi connectivity index (χ3v) is 7.71. The number of benzene rings is 2. The summed E-state index contributed by atoms with van der Waals surface area (Å²) in [5, 5.41) is 9.67. The third-order valence-electron chi connectivity index (χ3n) is 5.42. The second kappa shape index (κ2) is 27.4. The topological polar surface area (TPSA) is 221 Å². The van der Waals surface area contributed by atoms with Gasteiger partial charge < -0.3 is 28.8 Å². The largest absolute Gasteiger partial charge is 1.00 e. The van der Waals surface area contributed by atoms with Gasteiger partial charge in [-0.3, -0.25) is 4.79 Å². The van der Waals surface area contributed by atoms with Gasteiger partial charge in [0.2, 0.25) is 0 Å². The van der Waals surface area contributed by atoms with Crippen LogP contribution < -0.4 is 81.6 Å². The predicted octanol–water partition coefficient (Wildman–Crippen LogP) is -0.724. The van der Waals surface area contributed by atoms with Crippen molar-refractivity contribution in [3.63, 3.8) is 0 Å². The molecule has 2 aromatic carbocycles. The van der Waals surface area contributed by atoms with Crippen LogP contribution in [0.1, 0.15) is 61.4 Å². The number of carbonyl (C=O) groups excluding carboxylic acids is 5. The molecule has 0 aliphatic heterocycles. The van der Waals surface area contributed by atoms with E-state index in [1.54, 1.807) is 11.3 Å². The Bertz CT molecular complexity index is 1450. The van der Waals surface area contributed by atoms with E-state index in [-0.39, 0.29) is 79.3 Å². The van der Waals surface area contributed by atoms with E-state index in [9.17, 15) is 0 Å². The molecule has 6 N–H and O–H groups in total. The molecule has 2 heterocycles. The van der Waals surface area contributed by atoms with Gasteiger partial charge in [0.1, 0.15) is 0 Å². The zero-order valence-corrected chi connectivity index (χ0v) is 34.1. The van der Waals surface area contributed by atoms with E-state index in [0.717, 1.165) is 27.8 Å². The fraction of sp³-hybridized carbons (Fsp3) is 0.393. The average Bonchev–Trinajstić information content (AvgIpc) is 3.49. The molecule has 0 saturated carbocycles. The van der Waals surface area contributed by atoms with Gasteiger partial charge in [-0.2, -0.15) is 19.2 Å². The molecule has 4 rings (SSSR count). The SMILES string of the molecule is CCC(C)(C)Br.CCC(C)(C)Cc1ccc2sc(N)nc2c1.Nc1ccc2sc(N)nc2c1.O=C=O.O=C=O.O=CO[O-].[H-].[Na+].[Na+].